The van der Waals surface area contributed by atoms with Gasteiger partial charge >= 0.3 is 0 Å². The normalized spacial score (nSPS) is 15.4. The molecule has 18 heavy (non-hydrogen) atoms. The Morgan fingerprint density at radius 1 is 1.39 bits per heavy atom. The number of methoxy groups -OCH3 is 1. The van der Waals surface area contributed by atoms with E-state index >= 15 is 0 Å². The minimum absolute atomic E-state index is 0.725. The van der Waals surface area contributed by atoms with Gasteiger partial charge in [-0.1, -0.05) is 6.42 Å². The summed E-state index contributed by atoms with van der Waals surface area (Å²) in [6.45, 7) is 3.18. The van der Waals surface area contributed by atoms with E-state index in [1.807, 2.05) is 18.3 Å². The second-order valence-corrected chi connectivity index (χ2v) is 4.76. The molecule has 0 bridgehead atoms. The van der Waals surface area contributed by atoms with Gasteiger partial charge in [-0.3, -0.25) is 4.98 Å². The number of rotatable bonds is 8. The number of aromatic nitrogens is 1. The first-order valence-electron chi connectivity index (χ1n) is 6.66. The van der Waals surface area contributed by atoms with Crippen molar-refractivity contribution in [2.45, 2.75) is 25.8 Å². The van der Waals surface area contributed by atoms with Gasteiger partial charge in [-0.05, 0) is 30.9 Å². The van der Waals surface area contributed by atoms with Crippen LogP contribution in [0.2, 0.25) is 0 Å². The molecule has 1 aliphatic carbocycles. The van der Waals surface area contributed by atoms with E-state index in [-0.39, 0.29) is 0 Å². The maximum absolute atomic E-state index is 5.71. The van der Waals surface area contributed by atoms with Crippen molar-refractivity contribution in [2.24, 2.45) is 5.92 Å². The Bertz CT molecular complexity index is 336. The molecule has 0 aliphatic heterocycles. The molecule has 0 aromatic carbocycles. The molecule has 0 saturated heterocycles. The molecule has 4 heteroatoms. The van der Waals surface area contributed by atoms with Crippen LogP contribution in [0.3, 0.4) is 0 Å². The van der Waals surface area contributed by atoms with E-state index < -0.39 is 0 Å². The van der Waals surface area contributed by atoms with Gasteiger partial charge in [0.05, 0.1) is 25.1 Å². The molecule has 1 aromatic heterocycles. The van der Waals surface area contributed by atoms with Crippen LogP contribution in [0.4, 0.5) is 0 Å². The van der Waals surface area contributed by atoms with Crippen molar-refractivity contribution >= 4 is 0 Å². The molecule has 0 amide bonds. The van der Waals surface area contributed by atoms with Crippen LogP contribution in [0.5, 0.6) is 5.75 Å². The Balaban J connectivity index is 1.67. The lowest BCUT2D eigenvalue weighted by atomic mass is 9.86. The maximum Gasteiger partial charge on any atom is 0.137 e. The molecular weight excluding hydrogens is 228 g/mol. The minimum Gasteiger partial charge on any atom is -0.492 e. The van der Waals surface area contributed by atoms with Gasteiger partial charge in [-0.2, -0.15) is 0 Å². The Hall–Kier alpha value is -1.13. The summed E-state index contributed by atoms with van der Waals surface area (Å²) < 4.78 is 10.7. The van der Waals surface area contributed by atoms with Crippen molar-refractivity contribution in [3.63, 3.8) is 0 Å². The lowest BCUT2D eigenvalue weighted by Gasteiger charge is -2.24. The Kier molecular flexibility index (Phi) is 5.42. The average Bonchev–Trinajstić information content (AvgIpc) is 2.34. The predicted molar refractivity (Wildman–Crippen MR) is 70.7 cm³/mol. The fourth-order valence-corrected chi connectivity index (χ4v) is 1.87. The molecule has 2 rings (SSSR count). The zero-order valence-electron chi connectivity index (χ0n) is 11.0. The fraction of sp³-hybridized carbons (Fsp3) is 0.643. The van der Waals surface area contributed by atoms with Crippen LogP contribution >= 0.6 is 0 Å². The number of nitrogens with zero attached hydrogens (tertiary/aromatic N) is 1. The third kappa shape index (κ3) is 4.27. The van der Waals surface area contributed by atoms with Crippen molar-refractivity contribution < 1.29 is 9.47 Å². The van der Waals surface area contributed by atoms with Gasteiger partial charge in [-0.15, -0.1) is 0 Å². The molecule has 1 aliphatic rings. The summed E-state index contributed by atoms with van der Waals surface area (Å²) in [4.78, 5) is 4.37. The van der Waals surface area contributed by atoms with Crippen LogP contribution in [0, 0.1) is 5.92 Å². The minimum atomic E-state index is 0.725. The first-order valence-corrected chi connectivity index (χ1v) is 6.66. The summed E-state index contributed by atoms with van der Waals surface area (Å²) in [6, 6.07) is 4.01. The number of nitrogens with one attached hydrogen (secondary N) is 1. The van der Waals surface area contributed by atoms with Gasteiger partial charge in [-0.25, -0.2) is 0 Å². The van der Waals surface area contributed by atoms with Crippen LogP contribution in [-0.2, 0) is 11.3 Å². The van der Waals surface area contributed by atoms with Gasteiger partial charge in [0.1, 0.15) is 5.75 Å². The number of ether oxygens (including phenoxy) is 2. The van der Waals surface area contributed by atoms with Crippen LogP contribution in [0.25, 0.3) is 0 Å². The van der Waals surface area contributed by atoms with Crippen molar-refractivity contribution in [3.05, 3.63) is 24.0 Å². The second-order valence-electron chi connectivity index (χ2n) is 4.76. The number of pyridine rings is 1. The number of hydrogen-bond donors (Lipinski definition) is 1. The Labute approximate surface area is 109 Å². The third-order valence-electron chi connectivity index (χ3n) is 3.30. The van der Waals surface area contributed by atoms with Gasteiger partial charge in [0.25, 0.3) is 0 Å². The SMILES string of the molecule is COCCNCc1ccc(OCC2CCC2)cn1. The third-order valence-corrected chi connectivity index (χ3v) is 3.30. The highest BCUT2D eigenvalue weighted by Crippen LogP contribution is 2.26. The largest absolute Gasteiger partial charge is 0.492 e. The summed E-state index contributed by atoms with van der Waals surface area (Å²) in [5.41, 5.74) is 1.03. The highest BCUT2D eigenvalue weighted by atomic mass is 16.5. The average molecular weight is 250 g/mol. The number of hydrogen-bond acceptors (Lipinski definition) is 4. The van der Waals surface area contributed by atoms with E-state index in [9.17, 15) is 0 Å². The van der Waals surface area contributed by atoms with E-state index in [4.69, 9.17) is 9.47 Å². The van der Waals surface area contributed by atoms with Crippen LogP contribution in [0.15, 0.2) is 18.3 Å². The molecule has 4 nitrogen and oxygen atoms in total. The molecule has 100 valence electrons. The molecule has 0 spiro atoms. The zero-order valence-corrected chi connectivity index (χ0v) is 11.0. The summed E-state index contributed by atoms with van der Waals surface area (Å²) in [5, 5.41) is 3.26. The van der Waals surface area contributed by atoms with Crippen molar-refractivity contribution in [2.75, 3.05) is 26.9 Å². The fourth-order valence-electron chi connectivity index (χ4n) is 1.87. The molecule has 1 saturated carbocycles. The predicted octanol–water partition coefficient (Wildman–Crippen LogP) is 2.00. The maximum atomic E-state index is 5.71. The van der Waals surface area contributed by atoms with Crippen molar-refractivity contribution in [3.8, 4) is 5.75 Å². The zero-order chi connectivity index (χ0) is 12.6. The van der Waals surface area contributed by atoms with Gasteiger partial charge in [0, 0.05) is 20.2 Å². The second kappa shape index (κ2) is 7.34. The van der Waals surface area contributed by atoms with E-state index in [1.54, 1.807) is 7.11 Å². The van der Waals surface area contributed by atoms with E-state index in [0.29, 0.717) is 0 Å². The quantitative estimate of drug-likeness (QED) is 0.717. The molecule has 0 atom stereocenters. The van der Waals surface area contributed by atoms with Crippen LogP contribution < -0.4 is 10.1 Å². The molecule has 1 N–H and O–H groups in total. The monoisotopic (exact) mass is 250 g/mol. The van der Waals surface area contributed by atoms with Gasteiger partial charge in [0.2, 0.25) is 0 Å². The molecule has 1 heterocycles. The Morgan fingerprint density at radius 3 is 2.89 bits per heavy atom. The molecule has 0 radical (unpaired) electrons. The highest BCUT2D eigenvalue weighted by molar-refractivity contribution is 5.19. The first-order chi connectivity index (χ1) is 8.88. The van der Waals surface area contributed by atoms with E-state index in [2.05, 4.69) is 10.3 Å². The summed E-state index contributed by atoms with van der Waals surface area (Å²) in [6.07, 6.45) is 5.80. The van der Waals surface area contributed by atoms with Crippen molar-refractivity contribution in [1.29, 1.82) is 0 Å². The topological polar surface area (TPSA) is 43.4 Å². The van der Waals surface area contributed by atoms with Gasteiger partial charge in [0.15, 0.2) is 0 Å². The summed E-state index contributed by atoms with van der Waals surface area (Å²) >= 11 is 0. The summed E-state index contributed by atoms with van der Waals surface area (Å²) in [5.74, 6) is 1.64. The van der Waals surface area contributed by atoms with Gasteiger partial charge < -0.3 is 14.8 Å². The molecular formula is C14H22N2O2. The van der Waals surface area contributed by atoms with Crippen LogP contribution in [0.1, 0.15) is 25.0 Å². The summed E-state index contributed by atoms with van der Waals surface area (Å²) in [7, 11) is 1.70. The molecule has 0 unspecified atom stereocenters. The lowest BCUT2D eigenvalue weighted by molar-refractivity contribution is 0.180. The van der Waals surface area contributed by atoms with Crippen molar-refractivity contribution in [1.82, 2.24) is 10.3 Å². The van der Waals surface area contributed by atoms with E-state index in [0.717, 1.165) is 43.7 Å². The first kappa shape index (κ1) is 13.3. The standard InChI is InChI=1S/C14H22N2O2/c1-17-8-7-15-9-13-5-6-14(10-16-13)18-11-12-3-2-4-12/h5-6,10,12,15H,2-4,7-9,11H2,1H3. The smallest absolute Gasteiger partial charge is 0.137 e. The van der Waals surface area contributed by atoms with Crippen LogP contribution in [-0.4, -0.2) is 31.9 Å². The molecule has 1 aromatic rings. The molecule has 1 fully saturated rings. The highest BCUT2D eigenvalue weighted by Gasteiger charge is 2.17. The Morgan fingerprint density at radius 2 is 2.28 bits per heavy atom. The van der Waals surface area contributed by atoms with E-state index in [1.165, 1.54) is 19.3 Å². The lowest BCUT2D eigenvalue weighted by Crippen LogP contribution is -2.20.